The van der Waals surface area contributed by atoms with E-state index in [0.717, 1.165) is 41.4 Å². The first-order valence-electron chi connectivity index (χ1n) is 9.56. The Kier molecular flexibility index (Phi) is 5.75. The van der Waals surface area contributed by atoms with Gasteiger partial charge in [0, 0.05) is 36.3 Å². The Bertz CT molecular complexity index is 1010. The molecule has 0 spiro atoms. The molecule has 1 amide bonds. The Labute approximate surface area is 160 Å². The van der Waals surface area contributed by atoms with Crippen LogP contribution in [0.25, 0.3) is 10.9 Å². The fraction of sp³-hybridized carbons (Fsp3) is 0.304. The number of benzene rings is 2. The minimum atomic E-state index is -0.0473. The Morgan fingerprint density at radius 2 is 1.78 bits per heavy atom. The summed E-state index contributed by atoms with van der Waals surface area (Å²) in [6.45, 7) is 4.75. The molecule has 140 valence electrons. The number of hydrogen-bond donors (Lipinski definition) is 0. The third-order valence-electron chi connectivity index (χ3n) is 5.01. The second kappa shape index (κ2) is 8.21. The SMILES string of the molecule is CCCCc1cc(=O)n(CC)c2ccc(N(C)C(=O)c3ccccc3)cc12. The molecule has 3 rings (SSSR count). The number of amides is 1. The van der Waals surface area contributed by atoms with Crippen molar-refractivity contribution < 1.29 is 4.79 Å². The van der Waals surface area contributed by atoms with Crippen molar-refractivity contribution in [3.63, 3.8) is 0 Å². The third kappa shape index (κ3) is 3.80. The minimum Gasteiger partial charge on any atom is -0.311 e. The Balaban J connectivity index is 2.09. The smallest absolute Gasteiger partial charge is 0.258 e. The lowest BCUT2D eigenvalue weighted by Gasteiger charge is -2.20. The zero-order valence-electron chi connectivity index (χ0n) is 16.2. The zero-order valence-corrected chi connectivity index (χ0v) is 16.2. The molecule has 27 heavy (non-hydrogen) atoms. The third-order valence-corrected chi connectivity index (χ3v) is 5.01. The monoisotopic (exact) mass is 362 g/mol. The quantitative estimate of drug-likeness (QED) is 0.641. The molecule has 0 atom stereocenters. The number of pyridine rings is 1. The van der Waals surface area contributed by atoms with Gasteiger partial charge in [-0.2, -0.15) is 0 Å². The summed E-state index contributed by atoms with van der Waals surface area (Å²) in [4.78, 5) is 26.9. The van der Waals surface area contributed by atoms with Crippen LogP contribution in [0.4, 0.5) is 5.69 Å². The van der Waals surface area contributed by atoms with E-state index < -0.39 is 0 Å². The molecule has 0 radical (unpaired) electrons. The summed E-state index contributed by atoms with van der Waals surface area (Å²) < 4.78 is 1.79. The topological polar surface area (TPSA) is 42.3 Å². The number of anilines is 1. The highest BCUT2D eigenvalue weighted by molar-refractivity contribution is 6.06. The maximum atomic E-state index is 12.8. The molecule has 4 heteroatoms. The second-order valence-electron chi connectivity index (χ2n) is 6.79. The number of nitrogens with zero attached hydrogens (tertiary/aromatic N) is 2. The van der Waals surface area contributed by atoms with E-state index in [4.69, 9.17) is 0 Å². The predicted molar refractivity (Wildman–Crippen MR) is 112 cm³/mol. The van der Waals surface area contributed by atoms with E-state index in [2.05, 4.69) is 6.92 Å². The van der Waals surface area contributed by atoms with Gasteiger partial charge in [-0.15, -0.1) is 0 Å². The second-order valence-corrected chi connectivity index (χ2v) is 6.79. The summed E-state index contributed by atoms with van der Waals surface area (Å²) in [6.07, 6.45) is 2.98. The average Bonchev–Trinajstić information content (AvgIpc) is 2.71. The van der Waals surface area contributed by atoms with Crippen LogP contribution < -0.4 is 10.5 Å². The largest absolute Gasteiger partial charge is 0.311 e. The van der Waals surface area contributed by atoms with Crippen LogP contribution in [0.2, 0.25) is 0 Å². The molecule has 1 heterocycles. The molecular formula is C23H26N2O2. The summed E-state index contributed by atoms with van der Waals surface area (Å²) in [5, 5.41) is 1.05. The van der Waals surface area contributed by atoms with Crippen LogP contribution in [0, 0.1) is 0 Å². The number of rotatable bonds is 6. The number of unbranched alkanes of at least 4 members (excludes halogenated alkanes) is 1. The molecule has 0 N–H and O–H groups in total. The average molecular weight is 362 g/mol. The number of aryl methyl sites for hydroxylation is 2. The lowest BCUT2D eigenvalue weighted by Crippen LogP contribution is -2.26. The van der Waals surface area contributed by atoms with E-state index >= 15 is 0 Å². The Hall–Kier alpha value is -2.88. The number of fused-ring (bicyclic) bond motifs is 1. The van der Waals surface area contributed by atoms with Crippen LogP contribution in [-0.2, 0) is 13.0 Å². The lowest BCUT2D eigenvalue weighted by molar-refractivity contribution is 0.0993. The van der Waals surface area contributed by atoms with Crippen LogP contribution in [0.3, 0.4) is 0 Å². The minimum absolute atomic E-state index is 0.0394. The molecular weight excluding hydrogens is 336 g/mol. The van der Waals surface area contributed by atoms with Crippen LogP contribution in [0.1, 0.15) is 42.6 Å². The van der Waals surface area contributed by atoms with E-state index in [9.17, 15) is 9.59 Å². The maximum absolute atomic E-state index is 12.8. The molecule has 0 saturated heterocycles. The van der Waals surface area contributed by atoms with Crippen molar-refractivity contribution in [1.29, 1.82) is 0 Å². The first-order valence-corrected chi connectivity index (χ1v) is 9.56. The highest BCUT2D eigenvalue weighted by Crippen LogP contribution is 2.25. The van der Waals surface area contributed by atoms with Gasteiger partial charge in [-0.3, -0.25) is 9.59 Å². The van der Waals surface area contributed by atoms with Gasteiger partial charge in [-0.25, -0.2) is 0 Å². The summed E-state index contributed by atoms with van der Waals surface area (Å²) in [7, 11) is 1.79. The summed E-state index contributed by atoms with van der Waals surface area (Å²) in [6, 6.07) is 16.9. The standard InChI is InChI=1S/C23H26N2O2/c1-4-6-10-18-15-22(26)25(5-2)21-14-13-19(16-20(18)21)24(3)23(27)17-11-8-7-9-12-17/h7-9,11-16H,4-6,10H2,1-3H3. The van der Waals surface area contributed by atoms with E-state index in [1.165, 1.54) is 0 Å². The van der Waals surface area contributed by atoms with Gasteiger partial charge in [0.05, 0.1) is 5.52 Å². The van der Waals surface area contributed by atoms with Gasteiger partial charge < -0.3 is 9.47 Å². The summed E-state index contributed by atoms with van der Waals surface area (Å²) in [5.74, 6) is -0.0473. The van der Waals surface area contributed by atoms with Crippen molar-refractivity contribution in [2.45, 2.75) is 39.7 Å². The van der Waals surface area contributed by atoms with Crippen molar-refractivity contribution in [2.75, 3.05) is 11.9 Å². The van der Waals surface area contributed by atoms with E-state index in [1.807, 2.05) is 55.5 Å². The molecule has 0 aliphatic heterocycles. The van der Waals surface area contributed by atoms with Crippen LogP contribution in [0.15, 0.2) is 59.4 Å². The fourth-order valence-electron chi connectivity index (χ4n) is 3.44. The molecule has 2 aromatic carbocycles. The highest BCUT2D eigenvalue weighted by Gasteiger charge is 2.15. The van der Waals surface area contributed by atoms with Gasteiger partial charge in [0.1, 0.15) is 0 Å². The lowest BCUT2D eigenvalue weighted by atomic mass is 10.0. The first-order chi connectivity index (χ1) is 13.1. The Morgan fingerprint density at radius 3 is 2.44 bits per heavy atom. The molecule has 0 aliphatic rings. The van der Waals surface area contributed by atoms with E-state index in [0.29, 0.717) is 12.1 Å². The number of aromatic nitrogens is 1. The number of hydrogen-bond acceptors (Lipinski definition) is 2. The van der Waals surface area contributed by atoms with Gasteiger partial charge >= 0.3 is 0 Å². The summed E-state index contributed by atoms with van der Waals surface area (Å²) >= 11 is 0. The van der Waals surface area contributed by atoms with Crippen molar-refractivity contribution in [1.82, 2.24) is 4.57 Å². The molecule has 0 fully saturated rings. The maximum Gasteiger partial charge on any atom is 0.258 e. The molecule has 3 aromatic rings. The van der Waals surface area contributed by atoms with Gasteiger partial charge in [-0.1, -0.05) is 31.5 Å². The van der Waals surface area contributed by atoms with Gasteiger partial charge in [0.2, 0.25) is 0 Å². The number of carbonyl (C=O) groups excluding carboxylic acids is 1. The van der Waals surface area contributed by atoms with E-state index in [1.54, 1.807) is 22.6 Å². The molecule has 0 bridgehead atoms. The molecule has 1 aromatic heterocycles. The Morgan fingerprint density at radius 1 is 1.04 bits per heavy atom. The van der Waals surface area contributed by atoms with Crippen molar-refractivity contribution in [3.8, 4) is 0 Å². The van der Waals surface area contributed by atoms with Gasteiger partial charge in [0.15, 0.2) is 0 Å². The van der Waals surface area contributed by atoms with Gasteiger partial charge in [-0.05, 0) is 55.7 Å². The van der Waals surface area contributed by atoms with E-state index in [-0.39, 0.29) is 11.5 Å². The molecule has 0 aliphatic carbocycles. The summed E-state index contributed by atoms with van der Waals surface area (Å²) in [5.41, 5.74) is 3.52. The molecule has 0 unspecified atom stereocenters. The molecule has 0 saturated carbocycles. The fourth-order valence-corrected chi connectivity index (χ4v) is 3.44. The first kappa shape index (κ1) is 18.9. The van der Waals surface area contributed by atoms with Gasteiger partial charge in [0.25, 0.3) is 11.5 Å². The predicted octanol–water partition coefficient (Wildman–Crippen LogP) is 4.64. The van der Waals surface area contributed by atoms with Crippen LogP contribution in [-0.4, -0.2) is 17.5 Å². The number of carbonyl (C=O) groups is 1. The highest BCUT2D eigenvalue weighted by atomic mass is 16.2. The van der Waals surface area contributed by atoms with Crippen molar-refractivity contribution in [2.24, 2.45) is 0 Å². The van der Waals surface area contributed by atoms with Crippen LogP contribution >= 0.6 is 0 Å². The zero-order chi connectivity index (χ0) is 19.4. The van der Waals surface area contributed by atoms with Crippen molar-refractivity contribution >= 4 is 22.5 Å². The van der Waals surface area contributed by atoms with Crippen LogP contribution in [0.5, 0.6) is 0 Å². The molecule has 4 nitrogen and oxygen atoms in total. The van der Waals surface area contributed by atoms with Crippen molar-refractivity contribution in [3.05, 3.63) is 76.1 Å². The normalized spacial score (nSPS) is 10.9.